The lowest BCUT2D eigenvalue weighted by atomic mass is 10.1. The van der Waals surface area contributed by atoms with Crippen LogP contribution in [-0.2, 0) is 16.1 Å². The summed E-state index contributed by atoms with van der Waals surface area (Å²) in [6.07, 6.45) is 4.22. The second-order valence-electron chi connectivity index (χ2n) is 7.23. The molecule has 2 N–H and O–H groups in total. The number of carbonyl (C=O) groups is 2. The van der Waals surface area contributed by atoms with E-state index in [0.717, 1.165) is 24.3 Å². The number of anilines is 2. The molecular weight excluding hydrogens is 366 g/mol. The van der Waals surface area contributed by atoms with Crippen molar-refractivity contribution in [1.29, 1.82) is 0 Å². The van der Waals surface area contributed by atoms with Crippen molar-refractivity contribution in [2.45, 2.75) is 38.7 Å². The molecule has 6 heteroatoms. The first-order chi connectivity index (χ1) is 14.2. The van der Waals surface area contributed by atoms with Gasteiger partial charge in [-0.3, -0.25) is 4.79 Å². The van der Waals surface area contributed by atoms with Gasteiger partial charge >= 0.3 is 6.09 Å². The van der Waals surface area contributed by atoms with E-state index in [0.29, 0.717) is 19.4 Å². The Bertz CT molecular complexity index is 772. The van der Waals surface area contributed by atoms with Crippen molar-refractivity contribution >= 4 is 23.4 Å². The third-order valence-electron chi connectivity index (χ3n) is 4.93. The van der Waals surface area contributed by atoms with Crippen LogP contribution in [-0.4, -0.2) is 31.6 Å². The average molecular weight is 396 g/mol. The SMILES string of the molecule is O=C(CCCNC(=O)OCc1ccccc1)Nc1ccc(N2CCCCC2)cc1. The van der Waals surface area contributed by atoms with Gasteiger partial charge in [0.25, 0.3) is 0 Å². The third kappa shape index (κ3) is 7.14. The van der Waals surface area contributed by atoms with Crippen LogP contribution in [0.1, 0.15) is 37.7 Å². The number of nitrogens with one attached hydrogen (secondary N) is 2. The Hall–Kier alpha value is -3.02. The van der Waals surface area contributed by atoms with Crippen molar-refractivity contribution in [3.8, 4) is 0 Å². The number of carbonyl (C=O) groups excluding carboxylic acids is 2. The number of rotatable bonds is 8. The summed E-state index contributed by atoms with van der Waals surface area (Å²) >= 11 is 0. The molecule has 1 aliphatic rings. The minimum absolute atomic E-state index is 0.0600. The number of ether oxygens (including phenoxy) is 1. The van der Waals surface area contributed by atoms with Crippen molar-refractivity contribution in [3.63, 3.8) is 0 Å². The monoisotopic (exact) mass is 395 g/mol. The van der Waals surface area contributed by atoms with Gasteiger partial charge < -0.3 is 20.3 Å². The third-order valence-corrected chi connectivity index (χ3v) is 4.93. The van der Waals surface area contributed by atoms with Crippen LogP contribution in [0, 0.1) is 0 Å². The lowest BCUT2D eigenvalue weighted by Gasteiger charge is -2.28. The zero-order valence-corrected chi connectivity index (χ0v) is 16.7. The topological polar surface area (TPSA) is 70.7 Å². The van der Waals surface area contributed by atoms with E-state index in [1.54, 1.807) is 0 Å². The summed E-state index contributed by atoms with van der Waals surface area (Å²) in [6, 6.07) is 17.5. The molecule has 2 aromatic rings. The molecule has 0 spiro atoms. The molecule has 1 aliphatic heterocycles. The predicted octanol–water partition coefficient (Wildman–Crippen LogP) is 4.32. The molecule has 0 bridgehead atoms. The van der Waals surface area contributed by atoms with Crippen LogP contribution in [0.25, 0.3) is 0 Å². The Morgan fingerprint density at radius 2 is 1.66 bits per heavy atom. The molecule has 0 atom stereocenters. The highest BCUT2D eigenvalue weighted by Gasteiger charge is 2.11. The first-order valence-electron chi connectivity index (χ1n) is 10.3. The molecule has 6 nitrogen and oxygen atoms in total. The summed E-state index contributed by atoms with van der Waals surface area (Å²) < 4.78 is 5.14. The van der Waals surface area contributed by atoms with E-state index < -0.39 is 6.09 Å². The van der Waals surface area contributed by atoms with E-state index >= 15 is 0 Å². The fourth-order valence-electron chi connectivity index (χ4n) is 3.34. The standard InChI is InChI=1S/C23H29N3O3/c27-22(10-7-15-24-23(28)29-18-19-8-3-1-4-9-19)25-20-11-13-21(14-12-20)26-16-5-2-6-17-26/h1,3-4,8-9,11-14H,2,5-7,10,15-18H2,(H,24,28)(H,25,27). The number of piperidine rings is 1. The number of nitrogens with zero attached hydrogens (tertiary/aromatic N) is 1. The van der Waals surface area contributed by atoms with E-state index in [1.807, 2.05) is 42.5 Å². The van der Waals surface area contributed by atoms with Crippen LogP contribution < -0.4 is 15.5 Å². The summed E-state index contributed by atoms with van der Waals surface area (Å²) in [7, 11) is 0. The number of benzene rings is 2. The molecule has 0 aliphatic carbocycles. The summed E-state index contributed by atoms with van der Waals surface area (Å²) in [5, 5.41) is 5.57. The maximum atomic E-state index is 12.1. The fourth-order valence-corrected chi connectivity index (χ4v) is 3.34. The van der Waals surface area contributed by atoms with Crippen LogP contribution >= 0.6 is 0 Å². The summed E-state index contributed by atoms with van der Waals surface area (Å²) in [5.74, 6) is -0.0600. The van der Waals surface area contributed by atoms with E-state index in [-0.39, 0.29) is 12.5 Å². The Kier molecular flexibility index (Phi) is 7.92. The Balaban J connectivity index is 1.30. The number of amides is 2. The molecule has 2 aromatic carbocycles. The highest BCUT2D eigenvalue weighted by molar-refractivity contribution is 5.90. The Morgan fingerprint density at radius 3 is 2.38 bits per heavy atom. The predicted molar refractivity (Wildman–Crippen MR) is 115 cm³/mol. The zero-order valence-electron chi connectivity index (χ0n) is 16.7. The quantitative estimate of drug-likeness (QED) is 0.653. The molecule has 0 aromatic heterocycles. The maximum absolute atomic E-state index is 12.1. The Morgan fingerprint density at radius 1 is 0.931 bits per heavy atom. The molecule has 1 saturated heterocycles. The molecule has 154 valence electrons. The Labute approximate surface area is 172 Å². The van der Waals surface area contributed by atoms with Gasteiger partial charge in [0.1, 0.15) is 6.61 Å². The van der Waals surface area contributed by atoms with Gasteiger partial charge in [-0.15, -0.1) is 0 Å². The molecule has 29 heavy (non-hydrogen) atoms. The largest absolute Gasteiger partial charge is 0.445 e. The van der Waals surface area contributed by atoms with Gasteiger partial charge in [0.2, 0.25) is 5.91 Å². The molecule has 3 rings (SSSR count). The van der Waals surface area contributed by atoms with E-state index in [4.69, 9.17) is 4.74 Å². The van der Waals surface area contributed by atoms with E-state index in [2.05, 4.69) is 27.7 Å². The van der Waals surface area contributed by atoms with Gasteiger partial charge in [0, 0.05) is 37.4 Å². The molecule has 0 saturated carbocycles. The molecule has 2 amide bonds. The highest BCUT2D eigenvalue weighted by Crippen LogP contribution is 2.21. The molecule has 1 heterocycles. The summed E-state index contributed by atoms with van der Waals surface area (Å²) in [5.41, 5.74) is 2.94. The number of hydrogen-bond donors (Lipinski definition) is 2. The van der Waals surface area contributed by atoms with Gasteiger partial charge in [-0.05, 0) is 55.5 Å². The van der Waals surface area contributed by atoms with Crippen molar-refractivity contribution in [2.75, 3.05) is 29.9 Å². The highest BCUT2D eigenvalue weighted by atomic mass is 16.5. The minimum Gasteiger partial charge on any atom is -0.445 e. The average Bonchev–Trinajstić information content (AvgIpc) is 2.77. The van der Waals surface area contributed by atoms with Gasteiger partial charge in [0.15, 0.2) is 0 Å². The number of alkyl carbamates (subject to hydrolysis) is 1. The van der Waals surface area contributed by atoms with E-state index in [9.17, 15) is 9.59 Å². The lowest BCUT2D eigenvalue weighted by molar-refractivity contribution is -0.116. The van der Waals surface area contributed by atoms with Crippen molar-refractivity contribution in [3.05, 3.63) is 60.2 Å². The first-order valence-corrected chi connectivity index (χ1v) is 10.3. The van der Waals surface area contributed by atoms with Crippen molar-refractivity contribution in [2.24, 2.45) is 0 Å². The molecule has 0 radical (unpaired) electrons. The van der Waals surface area contributed by atoms with Gasteiger partial charge in [-0.1, -0.05) is 30.3 Å². The normalized spacial score (nSPS) is 13.6. The fraction of sp³-hybridized carbons (Fsp3) is 0.391. The van der Waals surface area contributed by atoms with Crippen LogP contribution in [0.2, 0.25) is 0 Å². The second-order valence-corrected chi connectivity index (χ2v) is 7.23. The minimum atomic E-state index is -0.470. The first kappa shape index (κ1) is 20.7. The van der Waals surface area contributed by atoms with Crippen LogP contribution in [0.3, 0.4) is 0 Å². The molecular formula is C23H29N3O3. The maximum Gasteiger partial charge on any atom is 0.407 e. The summed E-state index contributed by atoms with van der Waals surface area (Å²) in [6.45, 7) is 2.84. The van der Waals surface area contributed by atoms with Crippen molar-refractivity contribution in [1.82, 2.24) is 5.32 Å². The van der Waals surface area contributed by atoms with E-state index in [1.165, 1.54) is 24.9 Å². The van der Waals surface area contributed by atoms with Gasteiger partial charge in [0.05, 0.1) is 0 Å². The zero-order chi connectivity index (χ0) is 20.3. The van der Waals surface area contributed by atoms with Gasteiger partial charge in [-0.25, -0.2) is 4.79 Å². The van der Waals surface area contributed by atoms with Gasteiger partial charge in [-0.2, -0.15) is 0 Å². The molecule has 0 unspecified atom stereocenters. The smallest absolute Gasteiger partial charge is 0.407 e. The van der Waals surface area contributed by atoms with Crippen molar-refractivity contribution < 1.29 is 14.3 Å². The number of hydrogen-bond acceptors (Lipinski definition) is 4. The summed E-state index contributed by atoms with van der Waals surface area (Å²) in [4.78, 5) is 26.2. The van der Waals surface area contributed by atoms with Crippen LogP contribution in [0.4, 0.5) is 16.2 Å². The van der Waals surface area contributed by atoms with Crippen LogP contribution in [0.15, 0.2) is 54.6 Å². The van der Waals surface area contributed by atoms with Crippen LogP contribution in [0.5, 0.6) is 0 Å². The second kappa shape index (κ2) is 11.1. The lowest BCUT2D eigenvalue weighted by Crippen LogP contribution is -2.29. The molecule has 1 fully saturated rings.